The largest absolute Gasteiger partial charge is 0.303 e. The molecule has 0 spiro atoms. The third kappa shape index (κ3) is 4.92. The summed E-state index contributed by atoms with van der Waals surface area (Å²) < 4.78 is 0. The van der Waals surface area contributed by atoms with Crippen molar-refractivity contribution in [3.8, 4) is 0 Å². The van der Waals surface area contributed by atoms with Crippen LogP contribution in [-0.4, -0.2) is 29.8 Å². The highest BCUT2D eigenvalue weighted by atomic mass is 32.1. The van der Waals surface area contributed by atoms with E-state index < -0.39 is 0 Å². The zero-order valence-electron chi connectivity index (χ0n) is 8.84. The number of unbranched alkanes of at least 4 members (excludes halogenated alkanes) is 1. The molecule has 0 saturated carbocycles. The second kappa shape index (κ2) is 6.72. The molecular weight excluding hydrogens is 178 g/mol. The fourth-order valence-electron chi connectivity index (χ4n) is 1.92. The summed E-state index contributed by atoms with van der Waals surface area (Å²) in [5.41, 5.74) is 0. The summed E-state index contributed by atoms with van der Waals surface area (Å²) in [5.74, 6) is 0. The van der Waals surface area contributed by atoms with Gasteiger partial charge < -0.3 is 4.90 Å². The summed E-state index contributed by atoms with van der Waals surface area (Å²) in [4.78, 5) is 2.58. The molecule has 1 saturated heterocycles. The van der Waals surface area contributed by atoms with Crippen LogP contribution < -0.4 is 0 Å². The molecule has 13 heavy (non-hydrogen) atoms. The Labute approximate surface area is 88.3 Å². The summed E-state index contributed by atoms with van der Waals surface area (Å²) in [5, 5.41) is 0.639. The first-order valence-corrected chi connectivity index (χ1v) is 6.25. The lowest BCUT2D eigenvalue weighted by molar-refractivity contribution is 0.330. The van der Waals surface area contributed by atoms with E-state index >= 15 is 0 Å². The van der Waals surface area contributed by atoms with Crippen LogP contribution in [0.1, 0.15) is 45.4 Å². The summed E-state index contributed by atoms with van der Waals surface area (Å²) in [6, 6.07) is 0. The van der Waals surface area contributed by atoms with Crippen LogP contribution in [0.4, 0.5) is 0 Å². The highest BCUT2D eigenvalue weighted by Gasteiger charge is 2.12. The summed E-state index contributed by atoms with van der Waals surface area (Å²) in [7, 11) is 0. The third-order valence-electron chi connectivity index (χ3n) is 2.87. The van der Waals surface area contributed by atoms with E-state index in [9.17, 15) is 0 Å². The minimum atomic E-state index is 0.639. The topological polar surface area (TPSA) is 3.24 Å². The molecule has 1 heterocycles. The molecule has 0 bridgehead atoms. The normalized spacial score (nSPS) is 20.8. The van der Waals surface area contributed by atoms with E-state index in [1.165, 1.54) is 58.2 Å². The van der Waals surface area contributed by atoms with Gasteiger partial charge in [-0.3, -0.25) is 0 Å². The SMILES string of the molecule is CCCCC(S)CCN1CCCC1. The lowest BCUT2D eigenvalue weighted by Gasteiger charge is -2.17. The second-order valence-electron chi connectivity index (χ2n) is 4.13. The maximum atomic E-state index is 4.61. The Morgan fingerprint density at radius 3 is 2.54 bits per heavy atom. The number of nitrogens with zero attached hydrogens (tertiary/aromatic N) is 1. The van der Waals surface area contributed by atoms with Crippen molar-refractivity contribution in [1.82, 2.24) is 4.90 Å². The minimum Gasteiger partial charge on any atom is -0.303 e. The predicted molar refractivity (Wildman–Crippen MR) is 62.6 cm³/mol. The van der Waals surface area contributed by atoms with Crippen LogP contribution in [0, 0.1) is 0 Å². The smallest absolute Gasteiger partial charge is 0.00289 e. The summed E-state index contributed by atoms with van der Waals surface area (Å²) >= 11 is 4.61. The van der Waals surface area contributed by atoms with Gasteiger partial charge in [-0.2, -0.15) is 12.6 Å². The van der Waals surface area contributed by atoms with Crippen molar-refractivity contribution in [2.45, 2.75) is 50.7 Å². The van der Waals surface area contributed by atoms with Gasteiger partial charge in [0.1, 0.15) is 0 Å². The summed E-state index contributed by atoms with van der Waals surface area (Å²) in [6.45, 7) is 6.18. The first kappa shape index (κ1) is 11.4. The molecule has 1 unspecified atom stereocenters. The predicted octanol–water partition coefficient (Wildman–Crippen LogP) is 2.96. The van der Waals surface area contributed by atoms with Crippen LogP contribution >= 0.6 is 12.6 Å². The van der Waals surface area contributed by atoms with Crippen molar-refractivity contribution in [3.05, 3.63) is 0 Å². The van der Waals surface area contributed by atoms with Gasteiger partial charge in [-0.25, -0.2) is 0 Å². The van der Waals surface area contributed by atoms with Crippen molar-refractivity contribution in [2.75, 3.05) is 19.6 Å². The van der Waals surface area contributed by atoms with E-state index in [0.29, 0.717) is 5.25 Å². The Bertz CT molecular complexity index is 121. The number of hydrogen-bond donors (Lipinski definition) is 1. The van der Waals surface area contributed by atoms with Gasteiger partial charge in [0.15, 0.2) is 0 Å². The zero-order valence-corrected chi connectivity index (χ0v) is 9.73. The lowest BCUT2D eigenvalue weighted by atomic mass is 10.1. The quantitative estimate of drug-likeness (QED) is 0.647. The van der Waals surface area contributed by atoms with E-state index in [1.54, 1.807) is 0 Å². The van der Waals surface area contributed by atoms with Gasteiger partial charge in [0.25, 0.3) is 0 Å². The van der Waals surface area contributed by atoms with Crippen molar-refractivity contribution in [1.29, 1.82) is 0 Å². The van der Waals surface area contributed by atoms with Gasteiger partial charge in [-0.05, 0) is 45.3 Å². The molecule has 0 radical (unpaired) electrons. The van der Waals surface area contributed by atoms with Crippen LogP contribution in [-0.2, 0) is 0 Å². The van der Waals surface area contributed by atoms with Crippen LogP contribution in [0.15, 0.2) is 0 Å². The van der Waals surface area contributed by atoms with E-state index in [-0.39, 0.29) is 0 Å². The molecule has 1 aliphatic heterocycles. The fourth-order valence-corrected chi connectivity index (χ4v) is 2.22. The average molecular weight is 201 g/mol. The third-order valence-corrected chi connectivity index (χ3v) is 3.38. The van der Waals surface area contributed by atoms with Gasteiger partial charge in [0, 0.05) is 5.25 Å². The molecular formula is C11H23NS. The maximum absolute atomic E-state index is 4.61. The van der Waals surface area contributed by atoms with Crippen LogP contribution in [0.2, 0.25) is 0 Å². The Morgan fingerprint density at radius 1 is 1.23 bits per heavy atom. The first-order chi connectivity index (χ1) is 6.33. The Morgan fingerprint density at radius 2 is 1.92 bits per heavy atom. The standard InChI is InChI=1S/C11H23NS/c1-2-3-6-11(13)7-10-12-8-4-5-9-12/h11,13H,2-10H2,1H3. The molecule has 78 valence electrons. The highest BCUT2D eigenvalue weighted by Crippen LogP contribution is 2.14. The Hall–Kier alpha value is 0.310. The van der Waals surface area contributed by atoms with Gasteiger partial charge in [0.05, 0.1) is 0 Å². The first-order valence-electron chi connectivity index (χ1n) is 5.73. The highest BCUT2D eigenvalue weighted by molar-refractivity contribution is 7.80. The molecule has 1 rings (SSSR count). The van der Waals surface area contributed by atoms with E-state index in [0.717, 1.165) is 0 Å². The lowest BCUT2D eigenvalue weighted by Crippen LogP contribution is -2.22. The molecule has 1 nitrogen and oxygen atoms in total. The number of rotatable bonds is 6. The number of thiol groups is 1. The molecule has 0 N–H and O–H groups in total. The van der Waals surface area contributed by atoms with Gasteiger partial charge in [-0.15, -0.1) is 0 Å². The van der Waals surface area contributed by atoms with Gasteiger partial charge in [-0.1, -0.05) is 19.8 Å². The molecule has 1 fully saturated rings. The monoisotopic (exact) mass is 201 g/mol. The van der Waals surface area contributed by atoms with E-state index in [2.05, 4.69) is 24.5 Å². The molecule has 0 aromatic rings. The molecule has 0 aromatic carbocycles. The van der Waals surface area contributed by atoms with Crippen LogP contribution in [0.5, 0.6) is 0 Å². The van der Waals surface area contributed by atoms with Crippen molar-refractivity contribution < 1.29 is 0 Å². The maximum Gasteiger partial charge on any atom is 0.00289 e. The van der Waals surface area contributed by atoms with Crippen LogP contribution in [0.3, 0.4) is 0 Å². The Balaban J connectivity index is 1.97. The molecule has 0 aromatic heterocycles. The molecule has 2 heteroatoms. The fraction of sp³-hybridized carbons (Fsp3) is 1.00. The second-order valence-corrected chi connectivity index (χ2v) is 4.86. The van der Waals surface area contributed by atoms with Crippen LogP contribution in [0.25, 0.3) is 0 Å². The van der Waals surface area contributed by atoms with Gasteiger partial charge in [0.2, 0.25) is 0 Å². The Kier molecular flexibility index (Phi) is 5.88. The summed E-state index contributed by atoms with van der Waals surface area (Å²) in [6.07, 6.45) is 8.05. The van der Waals surface area contributed by atoms with Crippen molar-refractivity contribution >= 4 is 12.6 Å². The molecule has 0 amide bonds. The minimum absolute atomic E-state index is 0.639. The van der Waals surface area contributed by atoms with E-state index in [4.69, 9.17) is 0 Å². The molecule has 0 aliphatic carbocycles. The van der Waals surface area contributed by atoms with Crippen molar-refractivity contribution in [2.24, 2.45) is 0 Å². The average Bonchev–Trinajstić information content (AvgIpc) is 2.64. The van der Waals surface area contributed by atoms with Crippen molar-refractivity contribution in [3.63, 3.8) is 0 Å². The molecule has 1 atom stereocenters. The zero-order chi connectivity index (χ0) is 9.52. The van der Waals surface area contributed by atoms with Gasteiger partial charge >= 0.3 is 0 Å². The number of hydrogen-bond acceptors (Lipinski definition) is 2. The molecule has 1 aliphatic rings. The van der Waals surface area contributed by atoms with E-state index in [1.807, 2.05) is 0 Å². The number of likely N-dealkylation sites (tertiary alicyclic amines) is 1.